The standard InChI is InChI=1S/C44H68O5/c1-3-5-7-9-11-13-15-17-18-19-20-21-22-23-24-25-27-29-31-33-35-37-39-44(47)49-42(40-45)41-48-43(46)38-36-34-32-30-28-26-16-14-12-10-8-6-4-2/h5-8,10-14,16-18,20-21,23-24,26,28,42,45H,3-4,9,15,19,22,25,27,29-41H2,1-2H3/b7-5+,8-6+,12-10+,13-11+,16-14+,18-17+,21-20+,24-23+,28-26+. The Kier molecular flexibility index (Phi) is 36.3. The highest BCUT2D eigenvalue weighted by atomic mass is 16.6. The minimum atomic E-state index is -0.803. The van der Waals surface area contributed by atoms with Gasteiger partial charge in [0.2, 0.25) is 0 Å². The van der Waals surface area contributed by atoms with Crippen LogP contribution in [0.3, 0.4) is 0 Å². The third-order valence-corrected chi connectivity index (χ3v) is 7.41. The maximum absolute atomic E-state index is 12.2. The second-order valence-electron chi connectivity index (χ2n) is 12.0. The Labute approximate surface area is 300 Å². The van der Waals surface area contributed by atoms with Gasteiger partial charge in [0.15, 0.2) is 6.10 Å². The fraction of sp³-hybridized carbons (Fsp3) is 0.545. The van der Waals surface area contributed by atoms with Crippen molar-refractivity contribution in [2.75, 3.05) is 13.2 Å². The number of esters is 2. The molecule has 1 atom stereocenters. The Morgan fingerprint density at radius 1 is 0.490 bits per heavy atom. The quantitative estimate of drug-likeness (QED) is 0.0332. The number of ether oxygens (including phenoxy) is 2. The topological polar surface area (TPSA) is 72.8 Å². The van der Waals surface area contributed by atoms with Crippen molar-refractivity contribution in [2.24, 2.45) is 0 Å². The Morgan fingerprint density at radius 3 is 1.49 bits per heavy atom. The molecule has 0 aromatic carbocycles. The molecule has 0 aliphatic heterocycles. The van der Waals surface area contributed by atoms with Gasteiger partial charge in [-0.15, -0.1) is 0 Å². The summed E-state index contributed by atoms with van der Waals surface area (Å²) in [6.45, 7) is 3.80. The number of allylic oxidation sites excluding steroid dienone is 18. The molecule has 0 saturated carbocycles. The molecule has 0 spiro atoms. The van der Waals surface area contributed by atoms with E-state index in [1.54, 1.807) is 0 Å². The summed E-state index contributed by atoms with van der Waals surface area (Å²) in [5.74, 6) is -0.668. The van der Waals surface area contributed by atoms with E-state index in [9.17, 15) is 14.7 Å². The van der Waals surface area contributed by atoms with Gasteiger partial charge in [0.25, 0.3) is 0 Å². The molecule has 274 valence electrons. The molecule has 0 aliphatic carbocycles. The second kappa shape index (κ2) is 39.0. The molecule has 1 N–H and O–H groups in total. The van der Waals surface area contributed by atoms with Crippen molar-refractivity contribution in [3.8, 4) is 0 Å². The van der Waals surface area contributed by atoms with Crippen LogP contribution in [-0.4, -0.2) is 36.4 Å². The molecule has 0 amide bonds. The molecular weight excluding hydrogens is 608 g/mol. The molecule has 49 heavy (non-hydrogen) atoms. The number of carbonyl (C=O) groups excluding carboxylic acids is 2. The molecule has 5 nitrogen and oxygen atoms in total. The minimum Gasteiger partial charge on any atom is -0.462 e. The zero-order chi connectivity index (χ0) is 35.7. The van der Waals surface area contributed by atoms with Crippen molar-refractivity contribution < 1.29 is 24.2 Å². The highest BCUT2D eigenvalue weighted by Gasteiger charge is 2.16. The summed E-state index contributed by atoms with van der Waals surface area (Å²) in [4.78, 5) is 24.2. The third-order valence-electron chi connectivity index (χ3n) is 7.41. The van der Waals surface area contributed by atoms with Crippen molar-refractivity contribution in [3.63, 3.8) is 0 Å². The summed E-state index contributed by atoms with van der Waals surface area (Å²) in [6, 6.07) is 0. The SMILES string of the molecule is CC/C=C/C=C/C=C/C=C/CCCCCC(=O)OCC(CO)OC(=O)CCCCCCCC/C=C/C/C=C/C/C=C/C/C=C/C/C=C/CC. The van der Waals surface area contributed by atoms with Gasteiger partial charge in [-0.2, -0.15) is 0 Å². The molecule has 0 aromatic heterocycles. The zero-order valence-electron chi connectivity index (χ0n) is 30.9. The van der Waals surface area contributed by atoms with Gasteiger partial charge in [0, 0.05) is 12.8 Å². The second-order valence-corrected chi connectivity index (χ2v) is 12.0. The van der Waals surface area contributed by atoms with E-state index in [2.05, 4.69) is 86.8 Å². The van der Waals surface area contributed by atoms with Crippen LogP contribution in [0.2, 0.25) is 0 Å². The number of unbranched alkanes of at least 4 members (excludes halogenated alkanes) is 9. The van der Waals surface area contributed by atoms with E-state index in [1.807, 2.05) is 36.5 Å². The van der Waals surface area contributed by atoms with Crippen molar-refractivity contribution in [2.45, 2.75) is 142 Å². The number of aliphatic hydroxyl groups is 1. The molecule has 0 fully saturated rings. The predicted molar refractivity (Wildman–Crippen MR) is 209 cm³/mol. The summed E-state index contributed by atoms with van der Waals surface area (Å²) in [6.07, 6.45) is 55.7. The lowest BCUT2D eigenvalue weighted by molar-refractivity contribution is -0.161. The van der Waals surface area contributed by atoms with E-state index < -0.39 is 6.10 Å². The maximum Gasteiger partial charge on any atom is 0.306 e. The van der Waals surface area contributed by atoms with Gasteiger partial charge in [-0.3, -0.25) is 9.59 Å². The van der Waals surface area contributed by atoms with Crippen molar-refractivity contribution in [1.82, 2.24) is 0 Å². The summed E-state index contributed by atoms with van der Waals surface area (Å²) in [7, 11) is 0. The number of aliphatic hydroxyl groups excluding tert-OH is 1. The lowest BCUT2D eigenvalue weighted by atomic mass is 10.1. The van der Waals surface area contributed by atoms with Gasteiger partial charge in [0.05, 0.1) is 6.61 Å². The molecule has 0 saturated heterocycles. The van der Waals surface area contributed by atoms with Gasteiger partial charge >= 0.3 is 11.9 Å². The van der Waals surface area contributed by atoms with Crippen LogP contribution >= 0.6 is 0 Å². The van der Waals surface area contributed by atoms with Crippen LogP contribution in [0, 0.1) is 0 Å². The van der Waals surface area contributed by atoms with Crippen LogP contribution < -0.4 is 0 Å². The lowest BCUT2D eigenvalue weighted by Gasteiger charge is -2.15. The Hall–Kier alpha value is -3.44. The number of carbonyl (C=O) groups is 2. The van der Waals surface area contributed by atoms with Gasteiger partial charge in [0.1, 0.15) is 6.61 Å². The van der Waals surface area contributed by atoms with Crippen molar-refractivity contribution in [3.05, 3.63) is 109 Å². The largest absolute Gasteiger partial charge is 0.462 e. The van der Waals surface area contributed by atoms with Gasteiger partial charge < -0.3 is 14.6 Å². The van der Waals surface area contributed by atoms with E-state index in [0.717, 1.165) is 96.3 Å². The van der Waals surface area contributed by atoms with Crippen LogP contribution in [0.1, 0.15) is 136 Å². The Bertz CT molecular complexity index is 1040. The molecular formula is C44H68O5. The summed E-state index contributed by atoms with van der Waals surface area (Å²) >= 11 is 0. The summed E-state index contributed by atoms with van der Waals surface area (Å²) < 4.78 is 10.5. The zero-order valence-corrected chi connectivity index (χ0v) is 30.9. The van der Waals surface area contributed by atoms with Gasteiger partial charge in [-0.25, -0.2) is 0 Å². The third kappa shape index (κ3) is 37.2. The average molecular weight is 677 g/mol. The van der Waals surface area contributed by atoms with E-state index >= 15 is 0 Å². The molecule has 5 heteroatoms. The highest BCUT2D eigenvalue weighted by Crippen LogP contribution is 2.11. The fourth-order valence-corrected chi connectivity index (χ4v) is 4.59. The molecule has 0 heterocycles. The number of hydrogen-bond donors (Lipinski definition) is 1. The average Bonchev–Trinajstić information content (AvgIpc) is 3.10. The van der Waals surface area contributed by atoms with Crippen molar-refractivity contribution in [1.29, 1.82) is 0 Å². The molecule has 0 radical (unpaired) electrons. The summed E-state index contributed by atoms with van der Waals surface area (Å²) in [5, 5.41) is 9.54. The molecule has 0 aliphatic rings. The van der Waals surface area contributed by atoms with Crippen LogP contribution in [0.4, 0.5) is 0 Å². The molecule has 0 bridgehead atoms. The normalized spacial score (nSPS) is 13.4. The molecule has 1 unspecified atom stereocenters. The van der Waals surface area contributed by atoms with E-state index in [-0.39, 0.29) is 25.2 Å². The van der Waals surface area contributed by atoms with Crippen LogP contribution in [0.15, 0.2) is 109 Å². The first-order chi connectivity index (χ1) is 24.1. The number of rotatable bonds is 32. The van der Waals surface area contributed by atoms with Crippen molar-refractivity contribution >= 4 is 11.9 Å². The predicted octanol–water partition coefficient (Wildman–Crippen LogP) is 11.9. The molecule has 0 rings (SSSR count). The summed E-state index contributed by atoms with van der Waals surface area (Å²) in [5.41, 5.74) is 0. The Balaban J connectivity index is 3.70. The first-order valence-electron chi connectivity index (χ1n) is 19.0. The Morgan fingerprint density at radius 2 is 0.918 bits per heavy atom. The number of hydrogen-bond acceptors (Lipinski definition) is 5. The first kappa shape index (κ1) is 45.6. The van der Waals surface area contributed by atoms with Gasteiger partial charge in [-0.1, -0.05) is 155 Å². The van der Waals surface area contributed by atoms with Crippen LogP contribution in [0.5, 0.6) is 0 Å². The molecule has 0 aromatic rings. The monoisotopic (exact) mass is 677 g/mol. The lowest BCUT2D eigenvalue weighted by Crippen LogP contribution is -2.28. The van der Waals surface area contributed by atoms with Gasteiger partial charge in [-0.05, 0) is 77.0 Å². The van der Waals surface area contributed by atoms with Crippen LogP contribution in [-0.2, 0) is 19.1 Å². The smallest absolute Gasteiger partial charge is 0.306 e. The van der Waals surface area contributed by atoms with E-state index in [1.165, 1.54) is 12.8 Å². The van der Waals surface area contributed by atoms with E-state index in [0.29, 0.717) is 12.8 Å². The van der Waals surface area contributed by atoms with E-state index in [4.69, 9.17) is 9.47 Å². The highest BCUT2D eigenvalue weighted by molar-refractivity contribution is 5.70. The van der Waals surface area contributed by atoms with Crippen LogP contribution in [0.25, 0.3) is 0 Å². The fourth-order valence-electron chi connectivity index (χ4n) is 4.59. The first-order valence-corrected chi connectivity index (χ1v) is 19.0. The maximum atomic E-state index is 12.2. The minimum absolute atomic E-state index is 0.100.